The number of benzene rings is 5. The zero-order valence-corrected chi connectivity index (χ0v) is 19.6. The minimum Gasteiger partial charge on any atom is -0.456 e. The minimum atomic E-state index is -0.556. The predicted octanol–water partition coefficient (Wildman–Crippen LogP) is 6.31. The predicted molar refractivity (Wildman–Crippen MR) is 143 cm³/mol. The molecule has 3 aromatic heterocycles. The van der Waals surface area contributed by atoms with Gasteiger partial charge in [-0.3, -0.25) is 0 Å². The molecule has 0 saturated heterocycles. The smallest absolute Gasteiger partial charge is 0.372 e. The van der Waals surface area contributed by atoms with E-state index in [1.165, 1.54) is 71.2 Å². The fourth-order valence-corrected chi connectivity index (χ4v) is 7.95. The summed E-state index contributed by atoms with van der Waals surface area (Å²) in [5.41, 5.74) is 8.14. The Kier molecular flexibility index (Phi) is 2.48. The maximum absolute atomic E-state index is 6.76. The van der Waals surface area contributed by atoms with Gasteiger partial charge in [-0.15, -0.1) is 9.13 Å². The van der Waals surface area contributed by atoms with Crippen LogP contribution in [0, 0.1) is 0 Å². The summed E-state index contributed by atoms with van der Waals surface area (Å²) in [6, 6.07) is 35.4. The third-order valence-electron chi connectivity index (χ3n) is 9.11. The second kappa shape index (κ2) is 5.25. The Hall–Kier alpha value is -4.96. The molecule has 0 aliphatic carbocycles. The number of hydrogen-bond acceptors (Lipinski definition) is 1. The number of fused-ring (bicyclic) bond motifs is 6. The van der Waals surface area contributed by atoms with Crippen LogP contribution in [0.1, 0.15) is 11.1 Å². The minimum absolute atomic E-state index is 0.556. The molecule has 0 bridgehead atoms. The first-order valence-corrected chi connectivity index (χ1v) is 12.8. The number of nitrogens with zero attached hydrogens (tertiary/aromatic N) is 3. The van der Waals surface area contributed by atoms with E-state index in [2.05, 4.69) is 117 Å². The zero-order chi connectivity index (χ0) is 23.6. The molecule has 4 nitrogen and oxygen atoms in total. The Labute approximate surface area is 209 Å². The summed E-state index contributed by atoms with van der Waals surface area (Å²) in [6.45, 7) is 0. The fraction of sp³-hybridized carbons (Fsp3) is 0.0303. The summed E-state index contributed by atoms with van der Waals surface area (Å²) in [6.07, 6.45) is 2.27. The van der Waals surface area contributed by atoms with Crippen molar-refractivity contribution in [3.8, 4) is 11.5 Å². The number of rotatable bonds is 0. The van der Waals surface area contributed by atoms with Crippen molar-refractivity contribution < 1.29 is 13.9 Å². The molecule has 4 heteroatoms. The molecular formula is C33H17N3O+2. The molecule has 0 fully saturated rings. The Morgan fingerprint density at radius 1 is 0.622 bits per heavy atom. The molecule has 11 rings (SSSR count). The zero-order valence-electron chi connectivity index (χ0n) is 19.6. The van der Waals surface area contributed by atoms with Crippen molar-refractivity contribution >= 4 is 60.0 Å². The summed E-state index contributed by atoms with van der Waals surface area (Å²) < 4.78 is 14.4. The summed E-state index contributed by atoms with van der Waals surface area (Å²) >= 11 is 0. The molecule has 3 aliphatic heterocycles. The Morgan fingerprint density at radius 2 is 1.38 bits per heavy atom. The molecule has 0 saturated carbocycles. The summed E-state index contributed by atoms with van der Waals surface area (Å²) in [5.74, 6) is 1.89. The van der Waals surface area contributed by atoms with Gasteiger partial charge in [-0.2, -0.15) is 4.40 Å². The highest BCUT2D eigenvalue weighted by molar-refractivity contribution is 6.17. The molecule has 37 heavy (non-hydrogen) atoms. The van der Waals surface area contributed by atoms with Crippen molar-refractivity contribution in [3.05, 3.63) is 114 Å². The topological polar surface area (TPSA) is 21.4 Å². The van der Waals surface area contributed by atoms with Crippen molar-refractivity contribution in [2.45, 2.75) is 5.66 Å². The van der Waals surface area contributed by atoms with E-state index in [0.29, 0.717) is 0 Å². The molecule has 0 N–H and O–H groups in total. The average Bonchev–Trinajstić information content (AvgIpc) is 3.57. The summed E-state index contributed by atoms with van der Waals surface area (Å²) in [5, 5.41) is 7.63. The van der Waals surface area contributed by atoms with Crippen LogP contribution in [0.3, 0.4) is 0 Å². The lowest BCUT2D eigenvalue weighted by Crippen LogP contribution is -2.71. The van der Waals surface area contributed by atoms with E-state index in [4.69, 9.17) is 4.74 Å². The maximum Gasteiger partial charge on any atom is 0.372 e. The molecule has 0 radical (unpaired) electrons. The first kappa shape index (κ1) is 17.5. The van der Waals surface area contributed by atoms with E-state index < -0.39 is 5.66 Å². The van der Waals surface area contributed by atoms with Crippen molar-refractivity contribution in [1.29, 1.82) is 0 Å². The molecule has 3 aliphatic rings. The number of aromatic nitrogens is 3. The first-order chi connectivity index (χ1) is 18.4. The number of imidazole rings is 1. The van der Waals surface area contributed by atoms with E-state index in [1.54, 1.807) is 0 Å². The van der Waals surface area contributed by atoms with Crippen LogP contribution in [0.25, 0.3) is 60.0 Å². The average molecular weight is 472 g/mol. The van der Waals surface area contributed by atoms with Gasteiger partial charge >= 0.3 is 11.3 Å². The number of para-hydroxylation sites is 3. The van der Waals surface area contributed by atoms with Gasteiger partial charge in [-0.1, -0.05) is 42.5 Å². The first-order valence-electron chi connectivity index (χ1n) is 12.8. The van der Waals surface area contributed by atoms with Gasteiger partial charge in [0.1, 0.15) is 28.1 Å². The normalized spacial score (nSPS) is 18.1. The second-order valence-electron chi connectivity index (χ2n) is 10.6. The van der Waals surface area contributed by atoms with Gasteiger partial charge in [-0.25, -0.2) is 0 Å². The maximum atomic E-state index is 6.76. The highest BCUT2D eigenvalue weighted by Gasteiger charge is 2.68. The van der Waals surface area contributed by atoms with Crippen LogP contribution < -0.4 is 13.9 Å². The van der Waals surface area contributed by atoms with Gasteiger partial charge in [-0.05, 0) is 53.9 Å². The van der Waals surface area contributed by atoms with Crippen molar-refractivity contribution in [1.82, 2.24) is 4.40 Å². The van der Waals surface area contributed by atoms with E-state index in [0.717, 1.165) is 11.5 Å². The molecule has 1 atom stereocenters. The van der Waals surface area contributed by atoms with Gasteiger partial charge in [0.05, 0.1) is 10.8 Å². The van der Waals surface area contributed by atoms with E-state index in [9.17, 15) is 0 Å². The summed E-state index contributed by atoms with van der Waals surface area (Å²) in [7, 11) is 0. The lowest BCUT2D eigenvalue weighted by atomic mass is 9.85. The molecule has 5 aromatic carbocycles. The molecule has 1 spiro atoms. The second-order valence-corrected chi connectivity index (χ2v) is 10.6. The third-order valence-corrected chi connectivity index (χ3v) is 9.11. The Bertz CT molecular complexity index is 2450. The molecule has 1 unspecified atom stereocenters. The van der Waals surface area contributed by atoms with Crippen LogP contribution in [0.5, 0.6) is 11.5 Å². The van der Waals surface area contributed by atoms with Crippen LogP contribution in [0.4, 0.5) is 0 Å². The van der Waals surface area contributed by atoms with E-state index in [-0.39, 0.29) is 0 Å². The van der Waals surface area contributed by atoms with Crippen molar-refractivity contribution in [2.24, 2.45) is 0 Å². The highest BCUT2D eigenvalue weighted by atomic mass is 16.5. The van der Waals surface area contributed by atoms with Crippen LogP contribution >= 0.6 is 0 Å². The number of hydrogen-bond donors (Lipinski definition) is 0. The number of ether oxygens (including phenoxy) is 1. The van der Waals surface area contributed by atoms with Gasteiger partial charge in [0, 0.05) is 22.2 Å². The molecule has 168 valence electrons. The lowest BCUT2D eigenvalue weighted by molar-refractivity contribution is -0.934. The highest BCUT2D eigenvalue weighted by Crippen LogP contribution is 2.57. The molecule has 0 amide bonds. The van der Waals surface area contributed by atoms with Crippen LogP contribution in [0.15, 0.2) is 103 Å². The van der Waals surface area contributed by atoms with Gasteiger partial charge in [0.25, 0.3) is 0 Å². The Morgan fingerprint density at radius 3 is 2.32 bits per heavy atom. The standard InChI is InChI=1S/C33H17N3O/c1-2-8-22-20(7-1)21-14-16-26-30-28(21)32-35(22)23-9-3-4-10-24(23)36(32)33(30)29-25(37-26)15-13-18-11-12-19-6-5-17-34(33)31(19)27(18)29/h1-17H/q+2. The van der Waals surface area contributed by atoms with Crippen molar-refractivity contribution in [3.63, 3.8) is 0 Å². The van der Waals surface area contributed by atoms with Crippen molar-refractivity contribution in [2.75, 3.05) is 0 Å². The quantitative estimate of drug-likeness (QED) is 0.188. The SMILES string of the molecule is c1ccc2c(c1)c1ccc3c4c1c1n2c2ccccc2[n+]1C41c2c(ccc4ccc5ccc[n+]1c5c24)O3. The largest absolute Gasteiger partial charge is 0.456 e. The summed E-state index contributed by atoms with van der Waals surface area (Å²) in [4.78, 5) is 0. The van der Waals surface area contributed by atoms with Gasteiger partial charge < -0.3 is 4.74 Å². The van der Waals surface area contributed by atoms with Crippen LogP contribution in [0.2, 0.25) is 0 Å². The monoisotopic (exact) mass is 471 g/mol. The lowest BCUT2D eigenvalue weighted by Gasteiger charge is -2.28. The molecule has 8 aromatic rings. The molecular weight excluding hydrogens is 454 g/mol. The number of pyridine rings is 2. The Balaban J connectivity index is 1.56. The van der Waals surface area contributed by atoms with E-state index >= 15 is 0 Å². The van der Waals surface area contributed by atoms with Gasteiger partial charge in [0.2, 0.25) is 5.52 Å². The molecule has 6 heterocycles. The third kappa shape index (κ3) is 1.55. The van der Waals surface area contributed by atoms with Crippen LogP contribution in [-0.2, 0) is 5.66 Å². The van der Waals surface area contributed by atoms with Crippen LogP contribution in [-0.4, -0.2) is 4.40 Å². The van der Waals surface area contributed by atoms with E-state index in [1.807, 2.05) is 0 Å². The fourth-order valence-electron chi connectivity index (χ4n) is 7.95. The van der Waals surface area contributed by atoms with Gasteiger partial charge in [0.15, 0.2) is 17.2 Å².